The fourth-order valence-corrected chi connectivity index (χ4v) is 14.3. The van der Waals surface area contributed by atoms with Gasteiger partial charge in [-0.15, -0.1) is 0 Å². The molecule has 0 aromatic heterocycles. The Kier molecular flexibility index (Phi) is 81.9. The van der Waals surface area contributed by atoms with Crippen molar-refractivity contribution < 1.29 is 42.1 Å². The summed E-state index contributed by atoms with van der Waals surface area (Å²) in [6.07, 6.45) is 118. The minimum Gasteiger partial charge on any atom is -0.462 e. The van der Waals surface area contributed by atoms with Crippen LogP contribution in [0.1, 0.15) is 450 Å². The van der Waals surface area contributed by atoms with E-state index >= 15 is 0 Å². The fraction of sp³-hybridized carbons (Fsp3) is 0.830. The second-order valence-corrected chi connectivity index (χ2v) is 33.4. The summed E-state index contributed by atoms with van der Waals surface area (Å²) in [7, 11) is 1.50. The maximum Gasteiger partial charge on any atom is 0.472 e. The van der Waals surface area contributed by atoms with E-state index in [9.17, 15) is 19.0 Å². The number of hydrogen-bond donors (Lipinski definition) is 1. The smallest absolute Gasteiger partial charge is 0.462 e. The van der Waals surface area contributed by atoms with Gasteiger partial charge in [-0.25, -0.2) is 4.57 Å². The molecule has 2 atom stereocenters. The third-order valence-corrected chi connectivity index (χ3v) is 21.4. The summed E-state index contributed by atoms with van der Waals surface area (Å²) in [6, 6.07) is 0. The van der Waals surface area contributed by atoms with Crippen LogP contribution in [0.5, 0.6) is 0 Å². The summed E-state index contributed by atoms with van der Waals surface area (Å²) >= 11 is 0. The maximum atomic E-state index is 13.0. The third-order valence-electron chi connectivity index (χ3n) is 20.4. The van der Waals surface area contributed by atoms with Gasteiger partial charge in [-0.2, -0.15) is 0 Å². The van der Waals surface area contributed by atoms with Crippen molar-refractivity contribution in [3.63, 3.8) is 0 Å². The van der Waals surface area contributed by atoms with E-state index < -0.39 is 26.5 Å². The molecule has 0 aliphatic rings. The van der Waals surface area contributed by atoms with Crippen LogP contribution in [-0.4, -0.2) is 74.9 Å². The number of rotatable bonds is 85. The molecule has 2 unspecified atom stereocenters. The van der Waals surface area contributed by atoms with Crippen LogP contribution in [-0.2, 0) is 32.7 Å². The molecule has 0 heterocycles. The minimum atomic E-state index is -4.40. The number of esters is 2. The zero-order valence-corrected chi connectivity index (χ0v) is 70.7. The van der Waals surface area contributed by atoms with Crippen LogP contribution < -0.4 is 0 Å². The first-order valence-electron chi connectivity index (χ1n) is 45.3. The van der Waals surface area contributed by atoms with Crippen LogP contribution in [0.15, 0.2) is 85.1 Å². The highest BCUT2D eigenvalue weighted by Crippen LogP contribution is 2.43. The van der Waals surface area contributed by atoms with Crippen molar-refractivity contribution in [2.24, 2.45) is 0 Å². The fourth-order valence-electron chi connectivity index (χ4n) is 13.6. The van der Waals surface area contributed by atoms with Gasteiger partial charge in [0, 0.05) is 12.8 Å². The van der Waals surface area contributed by atoms with Crippen LogP contribution in [0, 0.1) is 0 Å². The topological polar surface area (TPSA) is 108 Å². The Hall–Kier alpha value is -2.81. The Labute approximate surface area is 647 Å². The number of nitrogens with zero attached hydrogens (tertiary/aromatic N) is 1. The van der Waals surface area contributed by atoms with E-state index in [1.807, 2.05) is 21.1 Å². The molecule has 104 heavy (non-hydrogen) atoms. The average molecular weight is 1480 g/mol. The Bertz CT molecular complexity index is 2040. The van der Waals surface area contributed by atoms with Gasteiger partial charge in [0.1, 0.15) is 19.8 Å². The van der Waals surface area contributed by atoms with E-state index in [-0.39, 0.29) is 25.6 Å². The van der Waals surface area contributed by atoms with Crippen LogP contribution in [0.4, 0.5) is 0 Å². The van der Waals surface area contributed by atoms with E-state index in [1.165, 1.54) is 347 Å². The Balaban J connectivity index is 3.84. The SMILES string of the molecule is CC/C=C\C/C=C\C/C=C\C/C=C\C/C=C\CCCCCCCCCCCCCCCCCCCCCCCCCCCC(=O)OC(COC(=O)CCCCCCCCCCCCCCCCCCCCCCCCCCCCC/C=C\C/C=C\CCCCCCC)COP(=O)(O)OCC[N+](C)(C)C. The molecule has 0 amide bonds. The molecule has 0 fully saturated rings. The highest BCUT2D eigenvalue weighted by molar-refractivity contribution is 7.47. The van der Waals surface area contributed by atoms with E-state index in [0.717, 1.165) is 70.6 Å². The number of likely N-dealkylation sites (N-methyl/N-ethyl adjacent to an activating group) is 1. The van der Waals surface area contributed by atoms with Gasteiger partial charge < -0.3 is 18.9 Å². The molecular formula is C94H175NO8P+. The number of phosphoric ester groups is 1. The van der Waals surface area contributed by atoms with E-state index in [2.05, 4.69) is 98.9 Å². The van der Waals surface area contributed by atoms with E-state index in [1.54, 1.807) is 0 Å². The van der Waals surface area contributed by atoms with Gasteiger partial charge in [0.2, 0.25) is 0 Å². The molecule has 0 spiro atoms. The molecule has 0 rings (SSSR count). The summed E-state index contributed by atoms with van der Waals surface area (Å²) in [4.78, 5) is 36.1. The first-order valence-corrected chi connectivity index (χ1v) is 46.8. The standard InChI is InChI=1S/C94H174NO8P/c1-6-8-10-12-14-16-18-20-22-24-26-28-30-32-34-36-38-40-42-44-46-47-49-51-53-55-57-59-61-63-65-67-69-71-73-75-77-79-81-83-85-87-94(97)103-92(91-102-104(98,99)101-89-88-95(3,4)5)90-100-93(96)86-84-82-80-78-76-74-72-70-68-66-64-62-60-58-56-54-52-50-48-45-43-41-39-37-35-33-31-29-27-25-23-21-19-17-15-13-11-9-7-2/h8,10,14,16,19-22,25-28,32,34,92H,6-7,9,11-13,15,17-18,23-24,29-31,33,35-91H2,1-5H3/p+1/b10-8-,16-14-,21-19-,22-20-,27-25-,28-26-,34-32-. The first kappa shape index (κ1) is 101. The van der Waals surface area contributed by atoms with Gasteiger partial charge in [0.05, 0.1) is 27.7 Å². The Morgan fingerprint density at radius 1 is 0.308 bits per heavy atom. The number of ether oxygens (including phenoxy) is 2. The number of allylic oxidation sites excluding steroid dienone is 14. The van der Waals surface area contributed by atoms with Crippen molar-refractivity contribution in [2.45, 2.75) is 457 Å². The van der Waals surface area contributed by atoms with Crippen molar-refractivity contribution in [2.75, 3.05) is 47.5 Å². The molecule has 9 nitrogen and oxygen atoms in total. The lowest BCUT2D eigenvalue weighted by molar-refractivity contribution is -0.870. The molecule has 0 aliphatic heterocycles. The highest BCUT2D eigenvalue weighted by Gasteiger charge is 2.27. The molecule has 10 heteroatoms. The number of quaternary nitrogens is 1. The predicted molar refractivity (Wildman–Crippen MR) is 455 cm³/mol. The van der Waals surface area contributed by atoms with Crippen molar-refractivity contribution in [1.82, 2.24) is 0 Å². The predicted octanol–water partition coefficient (Wildman–Crippen LogP) is 30.7. The van der Waals surface area contributed by atoms with Crippen LogP contribution >= 0.6 is 7.82 Å². The largest absolute Gasteiger partial charge is 0.472 e. The normalized spacial score (nSPS) is 13.3. The minimum absolute atomic E-state index is 0.0340. The quantitative estimate of drug-likeness (QED) is 0.0211. The van der Waals surface area contributed by atoms with E-state index in [4.69, 9.17) is 18.5 Å². The van der Waals surface area contributed by atoms with Crippen molar-refractivity contribution in [3.05, 3.63) is 85.1 Å². The molecule has 0 aromatic rings. The van der Waals surface area contributed by atoms with Crippen molar-refractivity contribution in [3.8, 4) is 0 Å². The summed E-state index contributed by atoms with van der Waals surface area (Å²) in [5.41, 5.74) is 0. The Morgan fingerprint density at radius 3 is 0.817 bits per heavy atom. The van der Waals surface area contributed by atoms with Crippen molar-refractivity contribution in [1.29, 1.82) is 0 Å². The summed E-state index contributed by atoms with van der Waals surface area (Å²) in [6.45, 7) is 4.38. The lowest BCUT2D eigenvalue weighted by Crippen LogP contribution is -2.37. The van der Waals surface area contributed by atoms with Crippen LogP contribution in [0.3, 0.4) is 0 Å². The van der Waals surface area contributed by atoms with Gasteiger partial charge in [-0.1, -0.05) is 433 Å². The first-order chi connectivity index (χ1) is 51.0. The zero-order valence-electron chi connectivity index (χ0n) is 69.8. The number of carbonyl (C=O) groups is 2. The lowest BCUT2D eigenvalue weighted by atomic mass is 10.0. The summed E-state index contributed by atoms with van der Waals surface area (Å²) in [5.74, 6) is -0.771. The average Bonchev–Trinajstić information content (AvgIpc) is 0.920. The number of carbonyl (C=O) groups excluding carboxylic acids is 2. The summed E-state index contributed by atoms with van der Waals surface area (Å²) < 4.78 is 34.9. The van der Waals surface area contributed by atoms with Crippen molar-refractivity contribution >= 4 is 19.8 Å². The number of phosphoric acid groups is 1. The van der Waals surface area contributed by atoms with Gasteiger partial charge in [-0.05, 0) is 89.9 Å². The van der Waals surface area contributed by atoms with Crippen LogP contribution in [0.25, 0.3) is 0 Å². The molecule has 0 aromatic carbocycles. The molecule has 0 saturated carbocycles. The maximum absolute atomic E-state index is 13.0. The molecule has 0 bridgehead atoms. The zero-order chi connectivity index (χ0) is 75.4. The van der Waals surface area contributed by atoms with Gasteiger partial charge in [-0.3, -0.25) is 18.6 Å². The molecule has 0 saturated heterocycles. The number of hydrogen-bond acceptors (Lipinski definition) is 7. The van der Waals surface area contributed by atoms with Crippen LogP contribution in [0.2, 0.25) is 0 Å². The second kappa shape index (κ2) is 84.2. The van der Waals surface area contributed by atoms with E-state index in [0.29, 0.717) is 23.9 Å². The molecule has 0 aliphatic carbocycles. The van der Waals surface area contributed by atoms with Gasteiger partial charge in [0.25, 0.3) is 0 Å². The Morgan fingerprint density at radius 2 is 0.548 bits per heavy atom. The molecule has 608 valence electrons. The second-order valence-electron chi connectivity index (χ2n) is 32.0. The van der Waals surface area contributed by atoms with Gasteiger partial charge >= 0.3 is 19.8 Å². The molecule has 1 N–H and O–H groups in total. The summed E-state index contributed by atoms with van der Waals surface area (Å²) in [5, 5.41) is 0. The highest BCUT2D eigenvalue weighted by atomic mass is 31.2. The lowest BCUT2D eigenvalue weighted by Gasteiger charge is -2.24. The molecule has 0 radical (unpaired) electrons. The van der Waals surface area contributed by atoms with Gasteiger partial charge in [0.15, 0.2) is 6.10 Å². The molecular weight excluding hydrogens is 1300 g/mol. The number of unbranched alkanes of at least 4 members (excludes halogenated alkanes) is 57. The third kappa shape index (κ3) is 88.1. The monoisotopic (exact) mass is 1480 g/mol.